The van der Waals surface area contributed by atoms with Crippen molar-refractivity contribution in [1.82, 2.24) is 0 Å². The van der Waals surface area contributed by atoms with Gasteiger partial charge in [-0.1, -0.05) is 50.8 Å². The van der Waals surface area contributed by atoms with Gasteiger partial charge < -0.3 is 15.3 Å². The Bertz CT molecular complexity index is 475. The van der Waals surface area contributed by atoms with Crippen LogP contribution >= 0.6 is 11.6 Å². The SMILES string of the molecule is CCCCCC(O)C=C[C@@H]1[C@@H](CCCCC=C(C)C(=O)O)[C@H](Cl)C[C@H]1O. The number of alkyl halides is 1. The number of halogens is 1. The summed E-state index contributed by atoms with van der Waals surface area (Å²) in [6.45, 7) is 3.75. The van der Waals surface area contributed by atoms with E-state index in [0.29, 0.717) is 12.0 Å². The molecule has 4 nitrogen and oxygen atoms in total. The third kappa shape index (κ3) is 8.24. The molecule has 26 heavy (non-hydrogen) atoms. The molecule has 0 bridgehead atoms. The summed E-state index contributed by atoms with van der Waals surface area (Å²) in [4.78, 5) is 10.8. The summed E-state index contributed by atoms with van der Waals surface area (Å²) in [5.74, 6) is -0.669. The molecule has 0 aromatic heterocycles. The van der Waals surface area contributed by atoms with Gasteiger partial charge in [-0.25, -0.2) is 4.79 Å². The molecule has 1 rings (SSSR count). The quantitative estimate of drug-likeness (QED) is 0.197. The largest absolute Gasteiger partial charge is 0.478 e. The summed E-state index contributed by atoms with van der Waals surface area (Å²) in [6, 6.07) is 0. The van der Waals surface area contributed by atoms with Crippen molar-refractivity contribution < 1.29 is 20.1 Å². The van der Waals surface area contributed by atoms with Crippen LogP contribution in [-0.4, -0.2) is 38.9 Å². The molecule has 0 spiro atoms. The first-order chi connectivity index (χ1) is 12.4. The molecule has 0 saturated heterocycles. The fourth-order valence-electron chi connectivity index (χ4n) is 3.62. The minimum atomic E-state index is -0.868. The van der Waals surface area contributed by atoms with E-state index in [9.17, 15) is 15.0 Å². The Balaban J connectivity index is 2.46. The maximum Gasteiger partial charge on any atom is 0.330 e. The van der Waals surface area contributed by atoms with Gasteiger partial charge in [-0.2, -0.15) is 0 Å². The van der Waals surface area contributed by atoms with Gasteiger partial charge in [0.05, 0.1) is 12.2 Å². The van der Waals surface area contributed by atoms with Crippen LogP contribution < -0.4 is 0 Å². The maximum absolute atomic E-state index is 10.8. The van der Waals surface area contributed by atoms with E-state index in [1.165, 1.54) is 0 Å². The monoisotopic (exact) mass is 386 g/mol. The Hall–Kier alpha value is -0.840. The zero-order valence-corrected chi connectivity index (χ0v) is 16.9. The molecule has 3 N–H and O–H groups in total. The van der Waals surface area contributed by atoms with Crippen LogP contribution in [0.4, 0.5) is 0 Å². The van der Waals surface area contributed by atoms with Crippen molar-refractivity contribution in [2.45, 2.75) is 89.2 Å². The van der Waals surface area contributed by atoms with Crippen molar-refractivity contribution in [3.63, 3.8) is 0 Å². The minimum Gasteiger partial charge on any atom is -0.478 e. The van der Waals surface area contributed by atoms with Gasteiger partial charge in [-0.3, -0.25) is 0 Å². The highest BCUT2D eigenvalue weighted by atomic mass is 35.5. The van der Waals surface area contributed by atoms with Gasteiger partial charge >= 0.3 is 5.97 Å². The number of aliphatic hydroxyl groups is 2. The van der Waals surface area contributed by atoms with Crippen LogP contribution in [0.3, 0.4) is 0 Å². The lowest BCUT2D eigenvalue weighted by Crippen LogP contribution is -2.19. The Morgan fingerprint density at radius 2 is 2.00 bits per heavy atom. The van der Waals surface area contributed by atoms with Gasteiger partial charge in [0.2, 0.25) is 0 Å². The third-order valence-corrected chi connectivity index (χ3v) is 5.81. The van der Waals surface area contributed by atoms with Gasteiger partial charge in [0.25, 0.3) is 0 Å². The molecule has 1 unspecified atom stereocenters. The molecule has 0 amide bonds. The predicted octanol–water partition coefficient (Wildman–Crippen LogP) is 4.68. The standard InChI is InChI=1S/C21H35ClO4/c1-3-4-6-10-16(23)12-13-18-17(19(22)14-20(18)24)11-8-5-7-9-15(2)21(25)26/h9,12-13,16-20,23-24H,3-8,10-11,14H2,1-2H3,(H,25,26)/t16?,17-,18-,19-,20-/m1/s1. The van der Waals surface area contributed by atoms with E-state index in [0.717, 1.165) is 51.4 Å². The van der Waals surface area contributed by atoms with Crippen LogP contribution in [0, 0.1) is 11.8 Å². The van der Waals surface area contributed by atoms with E-state index >= 15 is 0 Å². The number of carbonyl (C=O) groups is 1. The Morgan fingerprint density at radius 3 is 2.65 bits per heavy atom. The lowest BCUT2D eigenvalue weighted by atomic mass is 9.88. The second-order valence-corrected chi connectivity index (χ2v) is 8.05. The number of hydrogen-bond donors (Lipinski definition) is 3. The number of allylic oxidation sites excluding steroid dienone is 1. The smallest absolute Gasteiger partial charge is 0.330 e. The fraction of sp³-hybridized carbons (Fsp3) is 0.762. The molecule has 0 aliphatic heterocycles. The molecule has 150 valence electrons. The highest BCUT2D eigenvalue weighted by molar-refractivity contribution is 6.21. The molecule has 0 aromatic rings. The van der Waals surface area contributed by atoms with E-state index in [1.54, 1.807) is 13.0 Å². The van der Waals surface area contributed by atoms with Crippen molar-refractivity contribution in [3.8, 4) is 0 Å². The van der Waals surface area contributed by atoms with Crippen LogP contribution in [0.5, 0.6) is 0 Å². The molecule has 1 aliphatic carbocycles. The van der Waals surface area contributed by atoms with E-state index in [2.05, 4.69) is 6.92 Å². The summed E-state index contributed by atoms with van der Waals surface area (Å²) >= 11 is 6.44. The second kappa shape index (κ2) is 12.5. The van der Waals surface area contributed by atoms with E-state index in [-0.39, 0.29) is 17.2 Å². The number of aliphatic hydroxyl groups excluding tert-OH is 2. The Morgan fingerprint density at radius 1 is 1.27 bits per heavy atom. The molecule has 1 fully saturated rings. The molecule has 1 saturated carbocycles. The highest BCUT2D eigenvalue weighted by Gasteiger charge is 2.39. The maximum atomic E-state index is 10.8. The molecule has 5 heteroatoms. The minimum absolute atomic E-state index is 0.00498. The van der Waals surface area contributed by atoms with Crippen molar-refractivity contribution in [1.29, 1.82) is 0 Å². The number of carboxylic acids is 1. The van der Waals surface area contributed by atoms with Gasteiger partial charge in [0.15, 0.2) is 0 Å². The lowest BCUT2D eigenvalue weighted by Gasteiger charge is -2.21. The van der Waals surface area contributed by atoms with Gasteiger partial charge in [-0.05, 0) is 44.9 Å². The predicted molar refractivity (Wildman–Crippen MR) is 106 cm³/mol. The Kier molecular flexibility index (Phi) is 11.2. The average Bonchev–Trinajstić information content (AvgIpc) is 2.85. The van der Waals surface area contributed by atoms with Gasteiger partial charge in [-0.15, -0.1) is 11.6 Å². The first-order valence-electron chi connectivity index (χ1n) is 9.95. The molecular formula is C21H35ClO4. The van der Waals surface area contributed by atoms with E-state index in [4.69, 9.17) is 16.7 Å². The van der Waals surface area contributed by atoms with Crippen molar-refractivity contribution in [3.05, 3.63) is 23.8 Å². The number of unbranched alkanes of at least 4 members (excludes halogenated alkanes) is 4. The molecule has 0 heterocycles. The molecule has 0 radical (unpaired) electrons. The molecular weight excluding hydrogens is 352 g/mol. The molecule has 0 aromatic carbocycles. The summed E-state index contributed by atoms with van der Waals surface area (Å²) in [5, 5.41) is 29.2. The fourth-order valence-corrected chi connectivity index (χ4v) is 4.10. The van der Waals surface area contributed by atoms with Crippen molar-refractivity contribution in [2.75, 3.05) is 0 Å². The zero-order chi connectivity index (χ0) is 19.5. The van der Waals surface area contributed by atoms with Crippen molar-refractivity contribution in [2.24, 2.45) is 11.8 Å². The van der Waals surface area contributed by atoms with Crippen LogP contribution in [0.25, 0.3) is 0 Å². The lowest BCUT2D eigenvalue weighted by molar-refractivity contribution is -0.132. The average molecular weight is 387 g/mol. The summed E-state index contributed by atoms with van der Waals surface area (Å²) in [7, 11) is 0. The highest BCUT2D eigenvalue weighted by Crippen LogP contribution is 2.40. The second-order valence-electron chi connectivity index (χ2n) is 7.49. The van der Waals surface area contributed by atoms with Crippen LogP contribution in [0.15, 0.2) is 23.8 Å². The topological polar surface area (TPSA) is 77.8 Å². The number of carboxylic acid groups (broad SMARTS) is 1. The van der Waals surface area contributed by atoms with Crippen LogP contribution in [0.2, 0.25) is 0 Å². The first-order valence-corrected chi connectivity index (χ1v) is 10.4. The number of hydrogen-bond acceptors (Lipinski definition) is 3. The molecule has 1 aliphatic rings. The van der Waals surface area contributed by atoms with E-state index in [1.807, 2.05) is 12.2 Å². The zero-order valence-electron chi connectivity index (χ0n) is 16.1. The van der Waals surface area contributed by atoms with E-state index < -0.39 is 18.2 Å². The van der Waals surface area contributed by atoms with Gasteiger partial charge in [0, 0.05) is 16.9 Å². The third-order valence-electron chi connectivity index (χ3n) is 5.31. The number of rotatable bonds is 12. The molecule has 5 atom stereocenters. The normalized spacial score (nSPS) is 28.0. The number of aliphatic carboxylic acids is 1. The summed E-state index contributed by atoms with van der Waals surface area (Å²) in [5.41, 5.74) is 0.384. The summed E-state index contributed by atoms with van der Waals surface area (Å²) < 4.78 is 0. The first kappa shape index (κ1) is 23.2. The van der Waals surface area contributed by atoms with Crippen LogP contribution in [-0.2, 0) is 4.79 Å². The van der Waals surface area contributed by atoms with Gasteiger partial charge in [0.1, 0.15) is 0 Å². The Labute approximate surface area is 163 Å². The summed E-state index contributed by atoms with van der Waals surface area (Å²) in [6.07, 6.45) is 12.8. The van der Waals surface area contributed by atoms with Crippen LogP contribution in [0.1, 0.15) is 71.6 Å². The van der Waals surface area contributed by atoms with Crippen molar-refractivity contribution >= 4 is 17.6 Å².